The molecule has 2 aromatic rings. The highest BCUT2D eigenvalue weighted by atomic mass is 32.1. The molecule has 1 aromatic heterocycles. The molecule has 0 spiro atoms. The van der Waals surface area contributed by atoms with Crippen LogP contribution in [-0.2, 0) is 6.42 Å². The number of aliphatic hydroxyl groups is 1. The van der Waals surface area contributed by atoms with Crippen LogP contribution in [0, 0.1) is 0 Å². The second kappa shape index (κ2) is 4.51. The Morgan fingerprint density at radius 3 is 2.94 bits per heavy atom. The van der Waals surface area contributed by atoms with Crippen LogP contribution in [0.5, 0.6) is 0 Å². The van der Waals surface area contributed by atoms with E-state index in [1.807, 2.05) is 17.5 Å². The second-order valence-electron chi connectivity index (χ2n) is 4.36. The summed E-state index contributed by atoms with van der Waals surface area (Å²) in [5, 5.41) is 12.2. The van der Waals surface area contributed by atoms with Crippen molar-refractivity contribution < 1.29 is 5.11 Å². The van der Waals surface area contributed by atoms with Crippen LogP contribution in [0.2, 0.25) is 0 Å². The highest BCUT2D eigenvalue weighted by Crippen LogP contribution is 2.30. The quantitative estimate of drug-likeness (QED) is 0.899. The summed E-state index contributed by atoms with van der Waals surface area (Å²) in [4.78, 5) is 3.33. The summed E-state index contributed by atoms with van der Waals surface area (Å²) >= 11 is 1.62. The van der Waals surface area contributed by atoms with E-state index in [-0.39, 0.29) is 6.10 Å². The fourth-order valence-corrected chi connectivity index (χ4v) is 3.08. The Morgan fingerprint density at radius 1 is 1.24 bits per heavy atom. The first kappa shape index (κ1) is 10.8. The molecule has 0 fully saturated rings. The van der Waals surface area contributed by atoms with Crippen molar-refractivity contribution in [3.8, 4) is 0 Å². The van der Waals surface area contributed by atoms with E-state index < -0.39 is 0 Å². The van der Waals surface area contributed by atoms with Gasteiger partial charge in [0.05, 0.1) is 0 Å². The molecule has 1 N–H and O–H groups in total. The molecule has 2 heterocycles. The maximum Gasteiger partial charge on any atom is 0.106 e. The van der Waals surface area contributed by atoms with Crippen LogP contribution in [0.25, 0.3) is 0 Å². The predicted molar refractivity (Wildman–Crippen MR) is 71.6 cm³/mol. The number of fused-ring (bicyclic) bond motifs is 1. The number of β-amino-alcohol motifs (C(OH)–C–C–N with tert-alkyl or cyclic N) is 1. The van der Waals surface area contributed by atoms with Gasteiger partial charge in [-0.3, -0.25) is 0 Å². The molecule has 1 aliphatic heterocycles. The molecular weight excluding hydrogens is 230 g/mol. The van der Waals surface area contributed by atoms with Crippen LogP contribution in [0.4, 0.5) is 5.69 Å². The fourth-order valence-electron chi connectivity index (χ4n) is 2.38. The molecule has 0 saturated carbocycles. The largest absolute Gasteiger partial charge is 0.386 e. The maximum atomic E-state index is 10.2. The molecule has 1 atom stereocenters. The van der Waals surface area contributed by atoms with E-state index in [1.165, 1.54) is 11.3 Å². The molecule has 1 aliphatic rings. The Bertz CT molecular complexity index is 495. The van der Waals surface area contributed by atoms with E-state index >= 15 is 0 Å². The minimum Gasteiger partial charge on any atom is -0.386 e. The summed E-state index contributed by atoms with van der Waals surface area (Å²) in [6.45, 7) is 1.71. The van der Waals surface area contributed by atoms with Gasteiger partial charge in [-0.2, -0.15) is 0 Å². The number of para-hydroxylation sites is 1. The number of anilines is 1. The number of rotatable bonds is 3. The van der Waals surface area contributed by atoms with Crippen molar-refractivity contribution in [2.45, 2.75) is 12.5 Å². The third kappa shape index (κ3) is 2.08. The molecule has 1 aromatic carbocycles. The highest BCUT2D eigenvalue weighted by Gasteiger charge is 2.21. The summed E-state index contributed by atoms with van der Waals surface area (Å²) < 4.78 is 0. The number of aliphatic hydroxyl groups excluding tert-OH is 1. The first-order valence-electron chi connectivity index (χ1n) is 5.89. The zero-order chi connectivity index (χ0) is 11.7. The van der Waals surface area contributed by atoms with Gasteiger partial charge in [0, 0.05) is 23.7 Å². The Labute approximate surface area is 105 Å². The number of hydrogen-bond donors (Lipinski definition) is 1. The molecule has 2 nitrogen and oxygen atoms in total. The van der Waals surface area contributed by atoms with Crippen molar-refractivity contribution >= 4 is 17.0 Å². The van der Waals surface area contributed by atoms with Crippen LogP contribution in [-0.4, -0.2) is 18.2 Å². The lowest BCUT2D eigenvalue weighted by Gasteiger charge is -2.22. The van der Waals surface area contributed by atoms with E-state index in [9.17, 15) is 5.11 Å². The molecule has 1 unspecified atom stereocenters. The van der Waals surface area contributed by atoms with Crippen LogP contribution >= 0.6 is 11.3 Å². The van der Waals surface area contributed by atoms with Crippen molar-refractivity contribution in [3.63, 3.8) is 0 Å². The summed E-state index contributed by atoms with van der Waals surface area (Å²) in [7, 11) is 0. The Morgan fingerprint density at radius 2 is 2.12 bits per heavy atom. The molecule has 0 saturated heterocycles. The highest BCUT2D eigenvalue weighted by molar-refractivity contribution is 7.10. The topological polar surface area (TPSA) is 23.5 Å². The fraction of sp³-hybridized carbons (Fsp3) is 0.286. The van der Waals surface area contributed by atoms with Crippen LogP contribution in [0.3, 0.4) is 0 Å². The first-order chi connectivity index (χ1) is 8.34. The van der Waals surface area contributed by atoms with Gasteiger partial charge in [-0.25, -0.2) is 0 Å². The Balaban J connectivity index is 1.75. The van der Waals surface area contributed by atoms with Gasteiger partial charge in [0.1, 0.15) is 6.10 Å². The Hall–Kier alpha value is -1.32. The molecule has 88 valence electrons. The molecule has 17 heavy (non-hydrogen) atoms. The van der Waals surface area contributed by atoms with Crippen LogP contribution in [0.15, 0.2) is 41.8 Å². The SMILES string of the molecule is OC(CN1CCc2ccccc21)c1cccs1. The maximum absolute atomic E-state index is 10.2. The summed E-state index contributed by atoms with van der Waals surface area (Å²) in [6.07, 6.45) is 0.717. The van der Waals surface area contributed by atoms with E-state index in [2.05, 4.69) is 29.2 Å². The van der Waals surface area contributed by atoms with Gasteiger partial charge in [0.2, 0.25) is 0 Å². The predicted octanol–water partition coefficient (Wildman–Crippen LogP) is 2.84. The van der Waals surface area contributed by atoms with Gasteiger partial charge < -0.3 is 10.0 Å². The zero-order valence-corrected chi connectivity index (χ0v) is 10.4. The van der Waals surface area contributed by atoms with E-state index in [0.717, 1.165) is 17.8 Å². The smallest absolute Gasteiger partial charge is 0.106 e. The van der Waals surface area contributed by atoms with Crippen LogP contribution < -0.4 is 4.90 Å². The van der Waals surface area contributed by atoms with E-state index in [0.29, 0.717) is 6.54 Å². The van der Waals surface area contributed by atoms with Crippen molar-refractivity contribution in [2.75, 3.05) is 18.0 Å². The second-order valence-corrected chi connectivity index (χ2v) is 5.34. The minimum atomic E-state index is -0.374. The third-order valence-electron chi connectivity index (χ3n) is 3.25. The lowest BCUT2D eigenvalue weighted by molar-refractivity contribution is 0.188. The molecule has 0 aliphatic carbocycles. The summed E-state index contributed by atoms with van der Waals surface area (Å²) in [6, 6.07) is 12.4. The summed E-state index contributed by atoms with van der Waals surface area (Å²) in [5.41, 5.74) is 2.67. The third-order valence-corrected chi connectivity index (χ3v) is 4.22. The zero-order valence-electron chi connectivity index (χ0n) is 9.54. The number of thiophene rings is 1. The van der Waals surface area contributed by atoms with Crippen molar-refractivity contribution in [3.05, 3.63) is 52.2 Å². The monoisotopic (exact) mass is 245 g/mol. The van der Waals surface area contributed by atoms with Crippen molar-refractivity contribution in [2.24, 2.45) is 0 Å². The van der Waals surface area contributed by atoms with E-state index in [1.54, 1.807) is 11.3 Å². The number of hydrogen-bond acceptors (Lipinski definition) is 3. The lowest BCUT2D eigenvalue weighted by Crippen LogP contribution is -2.26. The Kier molecular flexibility index (Phi) is 2.87. The van der Waals surface area contributed by atoms with E-state index in [4.69, 9.17) is 0 Å². The average Bonchev–Trinajstić information content (AvgIpc) is 2.98. The molecular formula is C14H15NOS. The molecule has 0 amide bonds. The van der Waals surface area contributed by atoms with Gasteiger partial charge in [0.15, 0.2) is 0 Å². The van der Waals surface area contributed by atoms with Crippen LogP contribution in [0.1, 0.15) is 16.5 Å². The van der Waals surface area contributed by atoms with Gasteiger partial charge in [-0.15, -0.1) is 11.3 Å². The number of nitrogens with zero attached hydrogens (tertiary/aromatic N) is 1. The number of benzene rings is 1. The lowest BCUT2D eigenvalue weighted by atomic mass is 10.2. The normalized spacial score (nSPS) is 15.9. The van der Waals surface area contributed by atoms with Crippen molar-refractivity contribution in [1.29, 1.82) is 0 Å². The molecule has 0 radical (unpaired) electrons. The van der Waals surface area contributed by atoms with Gasteiger partial charge >= 0.3 is 0 Å². The van der Waals surface area contributed by atoms with Crippen molar-refractivity contribution in [1.82, 2.24) is 0 Å². The summed E-state index contributed by atoms with van der Waals surface area (Å²) in [5.74, 6) is 0. The van der Waals surface area contributed by atoms with Gasteiger partial charge in [-0.1, -0.05) is 24.3 Å². The van der Waals surface area contributed by atoms with Gasteiger partial charge in [-0.05, 0) is 29.5 Å². The minimum absolute atomic E-state index is 0.374. The molecule has 3 rings (SSSR count). The molecule has 0 bridgehead atoms. The average molecular weight is 245 g/mol. The molecule has 3 heteroatoms. The standard InChI is InChI=1S/C14H15NOS/c16-13(14-6-3-9-17-14)10-15-8-7-11-4-1-2-5-12(11)15/h1-6,9,13,16H,7-8,10H2. The first-order valence-corrected chi connectivity index (χ1v) is 6.77. The van der Waals surface area contributed by atoms with Gasteiger partial charge in [0.25, 0.3) is 0 Å².